The van der Waals surface area contributed by atoms with E-state index in [9.17, 15) is 14.7 Å². The Kier molecular flexibility index (Phi) is 5.59. The van der Waals surface area contributed by atoms with E-state index in [0.717, 1.165) is 22.8 Å². The van der Waals surface area contributed by atoms with Gasteiger partial charge in [0.2, 0.25) is 5.91 Å². The van der Waals surface area contributed by atoms with E-state index in [4.69, 9.17) is 11.8 Å². The lowest BCUT2D eigenvalue weighted by Gasteiger charge is -2.14. The maximum Gasteiger partial charge on any atom is 0.251 e. The highest BCUT2D eigenvalue weighted by Crippen LogP contribution is 2.47. The molecule has 136 valence electrons. The molecular weight excluding hydrogens is 352 g/mol. The molecule has 1 aliphatic carbocycles. The fourth-order valence-electron chi connectivity index (χ4n) is 2.85. The van der Waals surface area contributed by atoms with Crippen LogP contribution in [0.2, 0.25) is 0 Å². The van der Waals surface area contributed by atoms with E-state index in [1.54, 1.807) is 36.4 Å². The molecule has 5 nitrogen and oxygen atoms in total. The summed E-state index contributed by atoms with van der Waals surface area (Å²) in [7, 11) is 0. The minimum Gasteiger partial charge on any atom is -0.395 e. The van der Waals surface area contributed by atoms with Gasteiger partial charge in [0.25, 0.3) is 5.91 Å². The molecule has 0 heterocycles. The highest BCUT2D eigenvalue weighted by molar-refractivity contribution is 6.36. The van der Waals surface area contributed by atoms with Gasteiger partial charge in [-0.15, -0.1) is 0 Å². The highest BCUT2D eigenvalue weighted by Gasteiger charge is 2.43. The van der Waals surface area contributed by atoms with Crippen LogP contribution >= 0.6 is 11.8 Å². The number of anilines is 1. The predicted octanol–water partition coefficient (Wildman–Crippen LogP) is 3.02. The summed E-state index contributed by atoms with van der Waals surface area (Å²) < 4.78 is 1.06. The van der Waals surface area contributed by atoms with Crippen molar-refractivity contribution in [1.82, 2.24) is 5.32 Å². The van der Waals surface area contributed by atoms with Gasteiger partial charge >= 0.3 is 0 Å². The van der Waals surface area contributed by atoms with Gasteiger partial charge in [-0.05, 0) is 42.7 Å². The molecule has 0 aromatic heterocycles. The number of amides is 2. The average Bonchev–Trinajstić information content (AvgIpc) is 3.49. The van der Waals surface area contributed by atoms with Crippen LogP contribution in [-0.4, -0.2) is 30.1 Å². The van der Waals surface area contributed by atoms with Gasteiger partial charge in [-0.3, -0.25) is 9.59 Å². The molecule has 0 radical (unpaired) electrons. The third kappa shape index (κ3) is 4.06. The first-order valence-corrected chi connectivity index (χ1v) is 8.93. The Balaban J connectivity index is 1.49. The molecule has 2 N–H and O–H groups in total. The first kappa shape index (κ1) is 18.4. The number of aliphatic hydroxyl groups excluding tert-OH is 1. The lowest BCUT2D eigenvalue weighted by Crippen LogP contribution is -2.29. The third-order valence-corrected chi connectivity index (χ3v) is 5.13. The van der Waals surface area contributed by atoms with Crippen LogP contribution in [0.3, 0.4) is 0 Å². The van der Waals surface area contributed by atoms with E-state index in [1.165, 1.54) is 0 Å². The summed E-state index contributed by atoms with van der Waals surface area (Å²) in [6.07, 6.45) is 2.07. The van der Waals surface area contributed by atoms with Crippen LogP contribution in [0.25, 0.3) is 0 Å². The molecule has 0 aliphatic heterocycles. The van der Waals surface area contributed by atoms with E-state index >= 15 is 0 Å². The van der Waals surface area contributed by atoms with E-state index in [2.05, 4.69) is 5.32 Å². The molecule has 26 heavy (non-hydrogen) atoms. The maximum atomic E-state index is 12.2. The largest absolute Gasteiger partial charge is 0.395 e. The normalized spacial score (nSPS) is 14.5. The van der Waals surface area contributed by atoms with E-state index < -0.39 is 0 Å². The number of rotatable bonds is 7. The van der Waals surface area contributed by atoms with Crippen molar-refractivity contribution in [3.63, 3.8) is 0 Å². The first-order valence-electron chi connectivity index (χ1n) is 8.59. The molecular formula is C20H21ClN2O3. The Labute approximate surface area is 157 Å². The zero-order valence-corrected chi connectivity index (χ0v) is 15.1. The number of halogens is 1. The first-order chi connectivity index (χ1) is 12.6. The lowest BCUT2D eigenvalue weighted by molar-refractivity contribution is -0.117. The third-order valence-electron chi connectivity index (χ3n) is 4.74. The lowest BCUT2D eigenvalue weighted by atomic mass is 9.96. The van der Waals surface area contributed by atoms with Gasteiger partial charge in [-0.1, -0.05) is 30.3 Å². The van der Waals surface area contributed by atoms with Crippen molar-refractivity contribution in [2.45, 2.75) is 24.7 Å². The Bertz CT molecular complexity index is 773. The number of para-hydroxylation sites is 1. The molecule has 0 spiro atoms. The molecule has 1 saturated carbocycles. The summed E-state index contributed by atoms with van der Waals surface area (Å²) in [6, 6.07) is 16.2. The minimum absolute atomic E-state index is 0.107. The average molecular weight is 373 g/mol. The fraction of sp³-hybridized carbons (Fsp3) is 0.300. The van der Waals surface area contributed by atoms with Crippen LogP contribution in [-0.2, 0) is 10.2 Å². The second-order valence-electron chi connectivity index (χ2n) is 6.53. The summed E-state index contributed by atoms with van der Waals surface area (Å²) in [5, 5.41) is 12.2. The van der Waals surface area contributed by atoms with Crippen LogP contribution in [0.5, 0.6) is 0 Å². The standard InChI is InChI=1S/C20H21ClN2O3/c21-23(17-4-2-1-3-5-17)18(25)10-13-22-19(26)15-6-8-16(9-7-15)20(14-24)11-12-20/h1-9,24H,10-14H2,(H,22,26). The zero-order valence-electron chi connectivity index (χ0n) is 14.3. The van der Waals surface area contributed by atoms with Crippen LogP contribution < -0.4 is 9.74 Å². The number of carbonyl (C=O) groups excluding carboxylic acids is 2. The number of carbonyl (C=O) groups is 2. The Morgan fingerprint density at radius 3 is 2.31 bits per heavy atom. The second kappa shape index (κ2) is 7.89. The number of nitrogens with zero attached hydrogens (tertiary/aromatic N) is 1. The molecule has 2 aromatic rings. The zero-order chi connectivity index (χ0) is 18.6. The molecule has 3 rings (SSSR count). The smallest absolute Gasteiger partial charge is 0.251 e. The summed E-state index contributed by atoms with van der Waals surface area (Å²) in [4.78, 5) is 24.3. The van der Waals surface area contributed by atoms with E-state index in [0.29, 0.717) is 11.3 Å². The van der Waals surface area contributed by atoms with Gasteiger partial charge in [0.15, 0.2) is 0 Å². The Hall–Kier alpha value is -2.37. The number of nitrogens with one attached hydrogen (secondary N) is 1. The van der Waals surface area contributed by atoms with E-state index in [1.807, 2.05) is 18.2 Å². The molecule has 0 bridgehead atoms. The quantitative estimate of drug-likeness (QED) is 0.734. The van der Waals surface area contributed by atoms with Crippen molar-refractivity contribution < 1.29 is 14.7 Å². The summed E-state index contributed by atoms with van der Waals surface area (Å²) in [6.45, 7) is 0.340. The summed E-state index contributed by atoms with van der Waals surface area (Å²) >= 11 is 6.02. The molecule has 0 unspecified atom stereocenters. The predicted molar refractivity (Wildman–Crippen MR) is 101 cm³/mol. The van der Waals surface area contributed by atoms with Crippen LogP contribution in [0, 0.1) is 0 Å². The topological polar surface area (TPSA) is 69.6 Å². The van der Waals surface area contributed by atoms with Crippen LogP contribution in [0.15, 0.2) is 54.6 Å². The maximum absolute atomic E-state index is 12.2. The van der Waals surface area contributed by atoms with Crippen molar-refractivity contribution >= 4 is 29.3 Å². The second-order valence-corrected chi connectivity index (χ2v) is 6.87. The highest BCUT2D eigenvalue weighted by atomic mass is 35.5. The molecule has 2 aromatic carbocycles. The summed E-state index contributed by atoms with van der Waals surface area (Å²) in [5.74, 6) is -0.522. The monoisotopic (exact) mass is 372 g/mol. The molecule has 0 saturated heterocycles. The van der Waals surface area contributed by atoms with Crippen molar-refractivity contribution in [3.8, 4) is 0 Å². The van der Waals surface area contributed by atoms with Crippen LogP contribution in [0.1, 0.15) is 35.2 Å². The van der Waals surface area contributed by atoms with Gasteiger partial charge in [-0.25, -0.2) is 4.42 Å². The van der Waals surface area contributed by atoms with Gasteiger partial charge < -0.3 is 10.4 Å². The molecule has 2 amide bonds. The van der Waals surface area contributed by atoms with Crippen molar-refractivity contribution in [2.24, 2.45) is 0 Å². The van der Waals surface area contributed by atoms with Crippen molar-refractivity contribution in [2.75, 3.05) is 17.6 Å². The van der Waals surface area contributed by atoms with E-state index in [-0.39, 0.29) is 36.8 Å². The SMILES string of the molecule is O=C(NCCC(=O)N(Cl)c1ccccc1)c1ccc(C2(CO)CC2)cc1. The fourth-order valence-corrected chi connectivity index (χ4v) is 3.05. The van der Waals surface area contributed by atoms with Crippen molar-refractivity contribution in [3.05, 3.63) is 65.7 Å². The molecule has 0 atom stereocenters. The van der Waals surface area contributed by atoms with Gasteiger partial charge in [0.1, 0.15) is 0 Å². The number of benzene rings is 2. The molecule has 6 heteroatoms. The van der Waals surface area contributed by atoms with Gasteiger partial charge in [0, 0.05) is 35.7 Å². The Morgan fingerprint density at radius 1 is 1.08 bits per heavy atom. The molecule has 1 aliphatic rings. The summed E-state index contributed by atoms with van der Waals surface area (Å²) in [5.41, 5.74) is 2.08. The van der Waals surface area contributed by atoms with Crippen molar-refractivity contribution in [1.29, 1.82) is 0 Å². The van der Waals surface area contributed by atoms with Crippen LogP contribution in [0.4, 0.5) is 5.69 Å². The van der Waals surface area contributed by atoms with Gasteiger partial charge in [-0.2, -0.15) is 0 Å². The number of aliphatic hydroxyl groups is 1. The number of hydrogen-bond acceptors (Lipinski definition) is 3. The Morgan fingerprint density at radius 2 is 1.73 bits per heavy atom. The van der Waals surface area contributed by atoms with Gasteiger partial charge in [0.05, 0.1) is 12.3 Å². The minimum atomic E-state index is -0.285. The molecule has 1 fully saturated rings. The number of hydrogen-bond donors (Lipinski definition) is 2.